The average molecular weight is 246 g/mol. The van der Waals surface area contributed by atoms with Crippen LogP contribution in [0.3, 0.4) is 0 Å². The van der Waals surface area contributed by atoms with Gasteiger partial charge in [-0.05, 0) is 13.3 Å². The average Bonchev–Trinajstić information content (AvgIpc) is 2.29. The summed E-state index contributed by atoms with van der Waals surface area (Å²) in [6.45, 7) is 3.68. The second kappa shape index (κ2) is 7.38. The van der Waals surface area contributed by atoms with Crippen LogP contribution < -0.4 is 5.32 Å². The molecule has 0 aliphatic heterocycles. The molecule has 0 bridgehead atoms. The van der Waals surface area contributed by atoms with Crippen LogP contribution in [0, 0.1) is 6.92 Å². The predicted molar refractivity (Wildman–Crippen MR) is 62.8 cm³/mol. The van der Waals surface area contributed by atoms with Crippen molar-refractivity contribution in [2.45, 2.75) is 13.3 Å². The van der Waals surface area contributed by atoms with Crippen LogP contribution in [0.1, 0.15) is 12.0 Å². The summed E-state index contributed by atoms with van der Waals surface area (Å²) < 4.78 is 5.13. The zero-order chi connectivity index (χ0) is 11.8. The number of halogens is 1. The summed E-state index contributed by atoms with van der Waals surface area (Å²) in [5, 5.41) is 12.1. The minimum atomic E-state index is 0.0635. The Morgan fingerprint density at radius 3 is 3.00 bits per heavy atom. The van der Waals surface area contributed by atoms with Gasteiger partial charge in [-0.3, -0.25) is 0 Å². The number of ether oxygens (including phenoxy) is 1. The topological polar surface area (TPSA) is 67.3 Å². The molecule has 0 radical (unpaired) electrons. The van der Waals surface area contributed by atoms with Crippen LogP contribution in [0.5, 0.6) is 0 Å². The molecule has 0 aliphatic carbocycles. The third kappa shape index (κ3) is 4.30. The number of nitrogens with one attached hydrogen (secondary N) is 1. The largest absolute Gasteiger partial charge is 0.394 e. The third-order valence-electron chi connectivity index (χ3n) is 2.02. The van der Waals surface area contributed by atoms with Crippen molar-refractivity contribution in [3.8, 4) is 0 Å². The first kappa shape index (κ1) is 13.2. The van der Waals surface area contributed by atoms with Crippen LogP contribution >= 0.6 is 11.6 Å². The van der Waals surface area contributed by atoms with E-state index in [1.54, 1.807) is 0 Å². The number of hydrogen-bond acceptors (Lipinski definition) is 5. The van der Waals surface area contributed by atoms with Gasteiger partial charge in [-0.15, -0.1) is 0 Å². The van der Waals surface area contributed by atoms with Crippen LogP contribution in [0.25, 0.3) is 0 Å². The highest BCUT2D eigenvalue weighted by molar-refractivity contribution is 6.30. The first-order valence-electron chi connectivity index (χ1n) is 5.15. The molecule has 0 amide bonds. The van der Waals surface area contributed by atoms with E-state index in [2.05, 4.69) is 15.3 Å². The van der Waals surface area contributed by atoms with Crippen molar-refractivity contribution >= 4 is 17.4 Å². The van der Waals surface area contributed by atoms with E-state index in [0.29, 0.717) is 18.4 Å². The number of anilines is 1. The molecule has 90 valence electrons. The van der Waals surface area contributed by atoms with Crippen molar-refractivity contribution in [1.29, 1.82) is 0 Å². The smallest absolute Gasteiger partial charge is 0.137 e. The Balaban J connectivity index is 2.24. The maximum atomic E-state index is 8.50. The zero-order valence-corrected chi connectivity index (χ0v) is 10.00. The summed E-state index contributed by atoms with van der Waals surface area (Å²) in [5.74, 6) is 0.752. The van der Waals surface area contributed by atoms with Crippen molar-refractivity contribution in [3.05, 3.63) is 17.0 Å². The molecule has 0 fully saturated rings. The first-order chi connectivity index (χ1) is 7.75. The summed E-state index contributed by atoms with van der Waals surface area (Å²) in [4.78, 5) is 7.96. The minimum Gasteiger partial charge on any atom is -0.394 e. The highest BCUT2D eigenvalue weighted by Gasteiger charge is 2.03. The Bertz CT molecular complexity index is 323. The Morgan fingerprint density at radius 1 is 1.44 bits per heavy atom. The van der Waals surface area contributed by atoms with E-state index in [-0.39, 0.29) is 6.61 Å². The third-order valence-corrected chi connectivity index (χ3v) is 2.40. The van der Waals surface area contributed by atoms with Crippen molar-refractivity contribution in [2.24, 2.45) is 0 Å². The molecule has 5 nitrogen and oxygen atoms in total. The Labute approximate surface area is 99.8 Å². The molecular formula is C10H16ClN3O2. The molecule has 16 heavy (non-hydrogen) atoms. The van der Waals surface area contributed by atoms with E-state index in [9.17, 15) is 0 Å². The normalized spacial score (nSPS) is 10.4. The van der Waals surface area contributed by atoms with E-state index in [4.69, 9.17) is 21.4 Å². The van der Waals surface area contributed by atoms with Gasteiger partial charge in [0.1, 0.15) is 17.3 Å². The fourth-order valence-corrected chi connectivity index (χ4v) is 1.29. The molecule has 0 spiro atoms. The lowest BCUT2D eigenvalue weighted by molar-refractivity contribution is 0.0922. The lowest BCUT2D eigenvalue weighted by Crippen LogP contribution is -2.09. The molecule has 1 aromatic rings. The summed E-state index contributed by atoms with van der Waals surface area (Å²) >= 11 is 5.85. The van der Waals surface area contributed by atoms with Gasteiger partial charge in [0.05, 0.1) is 13.2 Å². The standard InChI is InChI=1S/C10H16ClN3O2/c1-8-9(11)13-7-14-10(8)12-3-2-5-16-6-4-15/h7,15H,2-6H2,1H3,(H,12,13,14). The summed E-state index contributed by atoms with van der Waals surface area (Å²) in [6.07, 6.45) is 2.28. The van der Waals surface area contributed by atoms with Gasteiger partial charge in [0.2, 0.25) is 0 Å². The van der Waals surface area contributed by atoms with Gasteiger partial charge in [-0.2, -0.15) is 0 Å². The second-order valence-corrected chi connectivity index (χ2v) is 3.61. The van der Waals surface area contributed by atoms with Crippen molar-refractivity contribution < 1.29 is 9.84 Å². The van der Waals surface area contributed by atoms with E-state index in [0.717, 1.165) is 24.3 Å². The van der Waals surface area contributed by atoms with Gasteiger partial charge >= 0.3 is 0 Å². The first-order valence-corrected chi connectivity index (χ1v) is 5.53. The number of aromatic nitrogens is 2. The fourth-order valence-electron chi connectivity index (χ4n) is 1.15. The van der Waals surface area contributed by atoms with E-state index >= 15 is 0 Å². The van der Waals surface area contributed by atoms with Crippen molar-refractivity contribution in [3.63, 3.8) is 0 Å². The van der Waals surface area contributed by atoms with Crippen LogP contribution in [-0.4, -0.2) is 41.4 Å². The Hall–Kier alpha value is -0.910. The molecule has 0 aliphatic rings. The number of aliphatic hydroxyl groups is 1. The second-order valence-electron chi connectivity index (χ2n) is 3.25. The van der Waals surface area contributed by atoms with Gasteiger partial charge in [0.25, 0.3) is 0 Å². The zero-order valence-electron chi connectivity index (χ0n) is 9.24. The lowest BCUT2D eigenvalue weighted by atomic mass is 10.3. The van der Waals surface area contributed by atoms with Crippen LogP contribution in [0.2, 0.25) is 5.15 Å². The monoisotopic (exact) mass is 245 g/mol. The van der Waals surface area contributed by atoms with Gasteiger partial charge in [0, 0.05) is 18.7 Å². The predicted octanol–water partition coefficient (Wildman–Crippen LogP) is 1.25. The minimum absolute atomic E-state index is 0.0635. The summed E-state index contributed by atoms with van der Waals surface area (Å²) in [5.41, 5.74) is 0.848. The molecule has 0 unspecified atom stereocenters. The molecule has 0 saturated carbocycles. The molecule has 1 heterocycles. The summed E-state index contributed by atoms with van der Waals surface area (Å²) in [7, 11) is 0. The quantitative estimate of drug-likeness (QED) is 0.559. The molecule has 1 aromatic heterocycles. The van der Waals surface area contributed by atoms with Gasteiger partial charge in [-0.1, -0.05) is 11.6 Å². The van der Waals surface area contributed by atoms with Crippen molar-refractivity contribution in [1.82, 2.24) is 9.97 Å². The van der Waals surface area contributed by atoms with Crippen molar-refractivity contribution in [2.75, 3.05) is 31.7 Å². The molecule has 6 heteroatoms. The van der Waals surface area contributed by atoms with Crippen LogP contribution in [-0.2, 0) is 4.74 Å². The molecule has 1 rings (SSSR count). The maximum absolute atomic E-state index is 8.50. The summed E-state index contributed by atoms with van der Waals surface area (Å²) in [6, 6.07) is 0. The molecular weight excluding hydrogens is 230 g/mol. The van der Waals surface area contributed by atoms with Gasteiger partial charge < -0.3 is 15.2 Å². The number of nitrogens with zero attached hydrogens (tertiary/aromatic N) is 2. The highest BCUT2D eigenvalue weighted by atomic mass is 35.5. The molecule has 2 N–H and O–H groups in total. The van der Waals surface area contributed by atoms with E-state index in [1.807, 2.05) is 6.92 Å². The molecule has 0 aromatic carbocycles. The molecule has 0 atom stereocenters. The van der Waals surface area contributed by atoms with Crippen LogP contribution in [0.4, 0.5) is 5.82 Å². The van der Waals surface area contributed by atoms with Gasteiger partial charge in [0.15, 0.2) is 0 Å². The Morgan fingerprint density at radius 2 is 2.25 bits per heavy atom. The SMILES string of the molecule is Cc1c(Cl)ncnc1NCCCOCCO. The number of aliphatic hydroxyl groups excluding tert-OH is 1. The maximum Gasteiger partial charge on any atom is 0.137 e. The van der Waals surface area contributed by atoms with Crippen LogP contribution in [0.15, 0.2) is 6.33 Å². The Kier molecular flexibility index (Phi) is 6.07. The van der Waals surface area contributed by atoms with E-state index in [1.165, 1.54) is 6.33 Å². The lowest BCUT2D eigenvalue weighted by Gasteiger charge is -2.08. The van der Waals surface area contributed by atoms with E-state index < -0.39 is 0 Å². The number of hydrogen-bond donors (Lipinski definition) is 2. The highest BCUT2D eigenvalue weighted by Crippen LogP contribution is 2.17. The van der Waals surface area contributed by atoms with Gasteiger partial charge in [-0.25, -0.2) is 9.97 Å². The number of rotatable bonds is 7. The molecule has 0 saturated heterocycles. The fraction of sp³-hybridized carbons (Fsp3) is 0.600.